The molecular formula is C15H23FN2O2. The number of carbonyl (C=O) groups excluding carboxylic acids is 1. The van der Waals surface area contributed by atoms with Crippen molar-refractivity contribution in [1.29, 1.82) is 0 Å². The van der Waals surface area contributed by atoms with Crippen LogP contribution in [-0.2, 0) is 4.79 Å². The number of rotatable bonds is 6. The Labute approximate surface area is 119 Å². The zero-order valence-electron chi connectivity index (χ0n) is 12.5. The van der Waals surface area contributed by atoms with Gasteiger partial charge < -0.3 is 15.8 Å². The van der Waals surface area contributed by atoms with E-state index in [-0.39, 0.29) is 24.3 Å². The highest BCUT2D eigenvalue weighted by molar-refractivity contribution is 5.82. The van der Waals surface area contributed by atoms with Crippen molar-refractivity contribution in [2.75, 3.05) is 13.7 Å². The molecular weight excluding hydrogens is 259 g/mol. The lowest BCUT2D eigenvalue weighted by atomic mass is 9.86. The summed E-state index contributed by atoms with van der Waals surface area (Å²) in [6.07, 6.45) is 0.641. The van der Waals surface area contributed by atoms with Crippen molar-refractivity contribution >= 4 is 5.91 Å². The van der Waals surface area contributed by atoms with Gasteiger partial charge in [0.2, 0.25) is 5.91 Å². The summed E-state index contributed by atoms with van der Waals surface area (Å²) in [5, 5.41) is 2.87. The maximum atomic E-state index is 13.4. The molecule has 5 heteroatoms. The van der Waals surface area contributed by atoms with Crippen LogP contribution in [0.25, 0.3) is 0 Å². The molecule has 0 aliphatic carbocycles. The van der Waals surface area contributed by atoms with Gasteiger partial charge in [-0.3, -0.25) is 4.79 Å². The molecule has 20 heavy (non-hydrogen) atoms. The van der Waals surface area contributed by atoms with Gasteiger partial charge in [0.15, 0.2) is 0 Å². The molecule has 1 rings (SSSR count). The molecule has 2 atom stereocenters. The first-order chi connectivity index (χ1) is 9.37. The standard InChI is InChI=1S/C15H23FN2O2/c1-5-15(3,9-17)14(19)18-10(2)12-8-11(16)6-7-13(12)20-4/h6-8,10H,5,9,17H2,1-4H3,(H,18,19). The highest BCUT2D eigenvalue weighted by Gasteiger charge is 2.31. The van der Waals surface area contributed by atoms with Gasteiger partial charge in [-0.2, -0.15) is 0 Å². The Kier molecular flexibility index (Phi) is 5.51. The summed E-state index contributed by atoms with van der Waals surface area (Å²) in [4.78, 5) is 12.3. The van der Waals surface area contributed by atoms with E-state index in [1.807, 2.05) is 13.8 Å². The SMILES string of the molecule is CCC(C)(CN)C(=O)NC(C)c1cc(F)ccc1OC. The summed E-state index contributed by atoms with van der Waals surface area (Å²) in [6.45, 7) is 5.79. The molecule has 0 spiro atoms. The van der Waals surface area contributed by atoms with E-state index in [1.54, 1.807) is 13.0 Å². The molecule has 0 fully saturated rings. The highest BCUT2D eigenvalue weighted by atomic mass is 19.1. The first-order valence-electron chi connectivity index (χ1n) is 6.72. The summed E-state index contributed by atoms with van der Waals surface area (Å²) in [5.74, 6) is 0.0467. The molecule has 0 heterocycles. The molecule has 0 saturated carbocycles. The third kappa shape index (κ3) is 3.48. The molecule has 0 aromatic heterocycles. The second-order valence-corrected chi connectivity index (χ2v) is 5.20. The van der Waals surface area contributed by atoms with Crippen LogP contribution >= 0.6 is 0 Å². The molecule has 0 bridgehead atoms. The minimum absolute atomic E-state index is 0.138. The highest BCUT2D eigenvalue weighted by Crippen LogP contribution is 2.27. The number of hydrogen-bond acceptors (Lipinski definition) is 3. The third-order valence-electron chi connectivity index (χ3n) is 3.78. The minimum atomic E-state index is -0.616. The van der Waals surface area contributed by atoms with Crippen molar-refractivity contribution in [1.82, 2.24) is 5.32 Å². The van der Waals surface area contributed by atoms with Crippen LogP contribution in [0.3, 0.4) is 0 Å². The molecule has 0 radical (unpaired) electrons. The average molecular weight is 282 g/mol. The molecule has 1 amide bonds. The second kappa shape index (κ2) is 6.70. The molecule has 112 valence electrons. The number of amides is 1. The number of nitrogens with one attached hydrogen (secondary N) is 1. The maximum absolute atomic E-state index is 13.4. The predicted molar refractivity (Wildman–Crippen MR) is 77.0 cm³/mol. The van der Waals surface area contributed by atoms with Crippen LogP contribution in [0.15, 0.2) is 18.2 Å². The first-order valence-corrected chi connectivity index (χ1v) is 6.72. The maximum Gasteiger partial charge on any atom is 0.227 e. The van der Waals surface area contributed by atoms with E-state index in [0.29, 0.717) is 17.7 Å². The van der Waals surface area contributed by atoms with Crippen LogP contribution in [0, 0.1) is 11.2 Å². The van der Waals surface area contributed by atoms with Crippen molar-refractivity contribution in [2.24, 2.45) is 11.1 Å². The fourth-order valence-electron chi connectivity index (χ4n) is 1.89. The quantitative estimate of drug-likeness (QED) is 0.842. The number of nitrogens with two attached hydrogens (primary N) is 1. The van der Waals surface area contributed by atoms with E-state index in [1.165, 1.54) is 19.2 Å². The number of methoxy groups -OCH3 is 1. The second-order valence-electron chi connectivity index (χ2n) is 5.20. The Morgan fingerprint density at radius 1 is 1.55 bits per heavy atom. The summed E-state index contributed by atoms with van der Waals surface area (Å²) >= 11 is 0. The van der Waals surface area contributed by atoms with E-state index >= 15 is 0 Å². The van der Waals surface area contributed by atoms with Gasteiger partial charge in [-0.25, -0.2) is 4.39 Å². The average Bonchev–Trinajstić information content (AvgIpc) is 2.46. The van der Waals surface area contributed by atoms with Crippen LogP contribution < -0.4 is 15.8 Å². The third-order valence-corrected chi connectivity index (χ3v) is 3.78. The van der Waals surface area contributed by atoms with Gasteiger partial charge in [-0.05, 0) is 38.5 Å². The predicted octanol–water partition coefficient (Wildman–Crippen LogP) is 2.39. The number of benzene rings is 1. The molecule has 0 saturated heterocycles. The molecule has 0 aliphatic rings. The Hall–Kier alpha value is -1.62. The van der Waals surface area contributed by atoms with E-state index in [0.717, 1.165) is 0 Å². The smallest absolute Gasteiger partial charge is 0.227 e. The van der Waals surface area contributed by atoms with E-state index in [2.05, 4.69) is 5.32 Å². The lowest BCUT2D eigenvalue weighted by Gasteiger charge is -2.27. The number of carbonyl (C=O) groups is 1. The fourth-order valence-corrected chi connectivity index (χ4v) is 1.89. The molecule has 2 unspecified atom stereocenters. The first kappa shape index (κ1) is 16.4. The van der Waals surface area contributed by atoms with Crippen LogP contribution in [0.2, 0.25) is 0 Å². The van der Waals surface area contributed by atoms with Crippen LogP contribution in [-0.4, -0.2) is 19.6 Å². The van der Waals surface area contributed by atoms with Gasteiger partial charge >= 0.3 is 0 Å². The molecule has 0 aliphatic heterocycles. The molecule has 3 N–H and O–H groups in total. The van der Waals surface area contributed by atoms with E-state index < -0.39 is 5.41 Å². The normalized spacial score (nSPS) is 15.3. The van der Waals surface area contributed by atoms with Gasteiger partial charge in [-0.1, -0.05) is 6.92 Å². The Balaban J connectivity index is 2.94. The molecule has 4 nitrogen and oxygen atoms in total. The van der Waals surface area contributed by atoms with Crippen molar-refractivity contribution in [3.05, 3.63) is 29.6 Å². The van der Waals surface area contributed by atoms with Gasteiger partial charge in [0, 0.05) is 12.1 Å². The topological polar surface area (TPSA) is 64.4 Å². The largest absolute Gasteiger partial charge is 0.496 e. The van der Waals surface area contributed by atoms with Crippen molar-refractivity contribution in [3.8, 4) is 5.75 Å². The van der Waals surface area contributed by atoms with Crippen LogP contribution in [0.4, 0.5) is 4.39 Å². The lowest BCUT2D eigenvalue weighted by Crippen LogP contribution is -2.44. The van der Waals surface area contributed by atoms with Crippen LogP contribution in [0.1, 0.15) is 38.8 Å². The van der Waals surface area contributed by atoms with Gasteiger partial charge in [0.05, 0.1) is 18.6 Å². The van der Waals surface area contributed by atoms with Crippen molar-refractivity contribution < 1.29 is 13.9 Å². The molecule has 1 aromatic rings. The Morgan fingerprint density at radius 3 is 2.70 bits per heavy atom. The van der Waals surface area contributed by atoms with E-state index in [9.17, 15) is 9.18 Å². The van der Waals surface area contributed by atoms with Crippen molar-refractivity contribution in [3.63, 3.8) is 0 Å². The summed E-state index contributed by atoms with van der Waals surface area (Å²) < 4.78 is 18.6. The zero-order valence-corrected chi connectivity index (χ0v) is 12.5. The van der Waals surface area contributed by atoms with Gasteiger partial charge in [0.1, 0.15) is 11.6 Å². The Morgan fingerprint density at radius 2 is 2.20 bits per heavy atom. The monoisotopic (exact) mass is 282 g/mol. The molecule has 1 aromatic carbocycles. The van der Waals surface area contributed by atoms with Gasteiger partial charge in [0.25, 0.3) is 0 Å². The minimum Gasteiger partial charge on any atom is -0.496 e. The number of ether oxygens (including phenoxy) is 1. The number of hydrogen-bond donors (Lipinski definition) is 2. The zero-order chi connectivity index (χ0) is 15.3. The Bertz CT molecular complexity index is 473. The summed E-state index contributed by atoms with van der Waals surface area (Å²) in [6, 6.07) is 3.89. The van der Waals surface area contributed by atoms with Crippen LogP contribution in [0.5, 0.6) is 5.75 Å². The van der Waals surface area contributed by atoms with Gasteiger partial charge in [-0.15, -0.1) is 0 Å². The summed E-state index contributed by atoms with van der Waals surface area (Å²) in [7, 11) is 1.52. The number of halogens is 1. The lowest BCUT2D eigenvalue weighted by molar-refractivity contribution is -0.130. The summed E-state index contributed by atoms with van der Waals surface area (Å²) in [5.41, 5.74) is 5.66. The fraction of sp³-hybridized carbons (Fsp3) is 0.533. The van der Waals surface area contributed by atoms with E-state index in [4.69, 9.17) is 10.5 Å². The van der Waals surface area contributed by atoms with Crippen molar-refractivity contribution in [2.45, 2.75) is 33.2 Å².